The molecule has 1 aromatic carbocycles. The number of rotatable bonds is 8. The van der Waals surface area contributed by atoms with Gasteiger partial charge in [0.1, 0.15) is 11.6 Å². The van der Waals surface area contributed by atoms with Crippen molar-refractivity contribution in [2.24, 2.45) is 0 Å². The topological polar surface area (TPSA) is 115 Å². The summed E-state index contributed by atoms with van der Waals surface area (Å²) in [6.45, 7) is 5.01. The van der Waals surface area contributed by atoms with Gasteiger partial charge < -0.3 is 19.9 Å². The lowest BCUT2D eigenvalue weighted by atomic mass is 10.1. The number of hydrogen-bond acceptors (Lipinski definition) is 6. The Labute approximate surface area is 192 Å². The van der Waals surface area contributed by atoms with E-state index >= 15 is 0 Å². The molecule has 2 N–H and O–H groups in total. The summed E-state index contributed by atoms with van der Waals surface area (Å²) in [6.07, 6.45) is 7.86. The Bertz CT molecular complexity index is 1070. The number of benzene rings is 1. The molecule has 9 nitrogen and oxygen atoms in total. The number of amides is 2. The highest BCUT2D eigenvalue weighted by molar-refractivity contribution is 6.00. The lowest BCUT2D eigenvalue weighted by Gasteiger charge is -2.23. The van der Waals surface area contributed by atoms with Crippen LogP contribution in [0.4, 0.5) is 4.79 Å². The molecule has 1 atom stereocenters. The highest BCUT2D eigenvalue weighted by atomic mass is 16.6. The van der Waals surface area contributed by atoms with Gasteiger partial charge in [-0.1, -0.05) is 0 Å². The second kappa shape index (κ2) is 10.5. The van der Waals surface area contributed by atoms with Crippen LogP contribution in [0.1, 0.15) is 36.7 Å². The molecule has 0 aliphatic heterocycles. The minimum Gasteiger partial charge on any atom is -0.444 e. The van der Waals surface area contributed by atoms with Crippen LogP contribution in [0.2, 0.25) is 0 Å². The number of hydrogen-bond donors (Lipinski definition) is 2. The van der Waals surface area contributed by atoms with E-state index in [1.165, 1.54) is 0 Å². The molecule has 0 unspecified atom stereocenters. The van der Waals surface area contributed by atoms with Crippen molar-refractivity contribution in [2.75, 3.05) is 6.54 Å². The molecule has 172 valence electrons. The Balaban J connectivity index is 1.62. The van der Waals surface area contributed by atoms with Crippen molar-refractivity contribution in [1.82, 2.24) is 25.2 Å². The Morgan fingerprint density at radius 3 is 2.30 bits per heavy atom. The molecule has 0 aliphatic carbocycles. The fraction of sp³-hybridized carbons (Fsp3) is 0.292. The van der Waals surface area contributed by atoms with E-state index < -0.39 is 23.6 Å². The van der Waals surface area contributed by atoms with E-state index in [1.54, 1.807) is 88.3 Å². The van der Waals surface area contributed by atoms with E-state index in [0.717, 1.165) is 11.3 Å². The van der Waals surface area contributed by atoms with Gasteiger partial charge in [0.05, 0.1) is 12.9 Å². The largest absolute Gasteiger partial charge is 0.444 e. The van der Waals surface area contributed by atoms with Crippen molar-refractivity contribution < 1.29 is 19.1 Å². The minimum absolute atomic E-state index is 0.202. The molecule has 0 saturated carbocycles. The van der Waals surface area contributed by atoms with E-state index in [9.17, 15) is 14.4 Å². The lowest BCUT2D eigenvalue weighted by Crippen LogP contribution is -2.50. The molecular formula is C24H27N5O4. The number of carbonyl (C=O) groups is 3. The summed E-state index contributed by atoms with van der Waals surface area (Å²) in [6, 6.07) is 9.57. The Hall–Kier alpha value is -4.01. The number of nitrogens with one attached hydrogen (secondary N) is 2. The van der Waals surface area contributed by atoms with Crippen molar-refractivity contribution in [2.45, 2.75) is 38.8 Å². The fourth-order valence-corrected chi connectivity index (χ4v) is 3.04. The lowest BCUT2D eigenvalue weighted by molar-refractivity contribution is -0.123. The maximum absolute atomic E-state index is 12.8. The zero-order valence-electron chi connectivity index (χ0n) is 18.8. The normalized spacial score (nSPS) is 12.0. The molecule has 0 saturated heterocycles. The van der Waals surface area contributed by atoms with Crippen LogP contribution >= 0.6 is 0 Å². The summed E-state index contributed by atoms with van der Waals surface area (Å²) in [5, 5.41) is 5.22. The molecule has 3 aromatic rings. The first kappa shape index (κ1) is 23.6. The number of ether oxygens (including phenoxy) is 1. The average molecular weight is 450 g/mol. The molecule has 2 heterocycles. The van der Waals surface area contributed by atoms with Crippen molar-refractivity contribution in [3.63, 3.8) is 0 Å². The number of carbonyl (C=O) groups excluding carboxylic acids is 3. The number of imidazole rings is 1. The third-order valence-electron chi connectivity index (χ3n) is 4.61. The Morgan fingerprint density at radius 2 is 1.70 bits per heavy atom. The van der Waals surface area contributed by atoms with Crippen LogP contribution in [0.15, 0.2) is 67.5 Å². The maximum atomic E-state index is 12.8. The zero-order chi connectivity index (χ0) is 23.8. The first-order valence-corrected chi connectivity index (χ1v) is 10.5. The van der Waals surface area contributed by atoms with Gasteiger partial charge in [-0.05, 0) is 62.7 Å². The van der Waals surface area contributed by atoms with Crippen LogP contribution in [0.3, 0.4) is 0 Å². The third kappa shape index (κ3) is 7.27. The van der Waals surface area contributed by atoms with Gasteiger partial charge in [-0.3, -0.25) is 14.6 Å². The predicted molar refractivity (Wildman–Crippen MR) is 122 cm³/mol. The summed E-state index contributed by atoms with van der Waals surface area (Å²) in [5.41, 5.74) is 1.43. The number of aromatic nitrogens is 3. The van der Waals surface area contributed by atoms with Gasteiger partial charge in [0.25, 0.3) is 0 Å². The molecule has 0 bridgehead atoms. The van der Waals surface area contributed by atoms with Gasteiger partial charge in [0, 0.05) is 42.5 Å². The van der Waals surface area contributed by atoms with Gasteiger partial charge in [0.15, 0.2) is 5.78 Å². The van der Waals surface area contributed by atoms with Gasteiger partial charge in [-0.15, -0.1) is 0 Å². The van der Waals surface area contributed by atoms with Crippen LogP contribution in [0, 0.1) is 0 Å². The molecule has 33 heavy (non-hydrogen) atoms. The summed E-state index contributed by atoms with van der Waals surface area (Å²) in [5.74, 6) is -0.735. The molecule has 0 aliphatic rings. The summed E-state index contributed by atoms with van der Waals surface area (Å²) < 4.78 is 7.10. The van der Waals surface area contributed by atoms with E-state index in [2.05, 4.69) is 20.6 Å². The quantitative estimate of drug-likeness (QED) is 0.511. The standard InChI is InChI=1S/C24H27N5O4/c1-24(2,3)33-23(32)28-20(14-17-8-10-25-11-9-17)22(31)27-15-21(30)18-4-6-19(7-5-18)29-13-12-26-16-29/h4-13,16,20H,14-15H2,1-3H3,(H,27,31)(H,28,32)/t20-/m0/s1. The van der Waals surface area contributed by atoms with E-state index in [-0.39, 0.29) is 18.7 Å². The Kier molecular flexibility index (Phi) is 7.55. The van der Waals surface area contributed by atoms with Crippen LogP contribution in [0.25, 0.3) is 5.69 Å². The molecule has 0 spiro atoms. The average Bonchev–Trinajstić information content (AvgIpc) is 3.31. The molecule has 3 rings (SSSR count). The second-order valence-electron chi connectivity index (χ2n) is 8.42. The molecule has 0 radical (unpaired) electrons. The first-order valence-electron chi connectivity index (χ1n) is 10.5. The minimum atomic E-state index is -0.918. The second-order valence-corrected chi connectivity index (χ2v) is 8.42. The Morgan fingerprint density at radius 1 is 1.00 bits per heavy atom. The van der Waals surface area contributed by atoms with Gasteiger partial charge in [-0.25, -0.2) is 9.78 Å². The highest BCUT2D eigenvalue weighted by Gasteiger charge is 2.25. The first-order chi connectivity index (χ1) is 15.7. The van der Waals surface area contributed by atoms with Gasteiger partial charge >= 0.3 is 6.09 Å². The number of alkyl carbamates (subject to hydrolysis) is 1. The van der Waals surface area contributed by atoms with Crippen molar-refractivity contribution in [1.29, 1.82) is 0 Å². The van der Waals surface area contributed by atoms with Gasteiger partial charge in [0.2, 0.25) is 5.91 Å². The van der Waals surface area contributed by atoms with E-state index in [0.29, 0.717) is 5.56 Å². The van der Waals surface area contributed by atoms with Crippen LogP contribution in [-0.4, -0.2) is 50.5 Å². The molecule has 2 amide bonds. The number of Topliss-reactive ketones (excluding diaryl/α,β-unsaturated/α-hetero) is 1. The van der Waals surface area contributed by atoms with Gasteiger partial charge in [-0.2, -0.15) is 0 Å². The van der Waals surface area contributed by atoms with E-state index in [4.69, 9.17) is 4.74 Å². The monoisotopic (exact) mass is 449 g/mol. The van der Waals surface area contributed by atoms with Crippen molar-refractivity contribution in [3.05, 3.63) is 78.6 Å². The smallest absolute Gasteiger partial charge is 0.408 e. The summed E-state index contributed by atoms with van der Waals surface area (Å²) in [4.78, 5) is 45.6. The van der Waals surface area contributed by atoms with Crippen molar-refractivity contribution in [3.8, 4) is 5.69 Å². The van der Waals surface area contributed by atoms with Crippen molar-refractivity contribution >= 4 is 17.8 Å². The maximum Gasteiger partial charge on any atom is 0.408 e. The molecule has 2 aromatic heterocycles. The highest BCUT2D eigenvalue weighted by Crippen LogP contribution is 2.11. The zero-order valence-corrected chi connectivity index (χ0v) is 18.8. The van der Waals surface area contributed by atoms with Crippen LogP contribution < -0.4 is 10.6 Å². The SMILES string of the molecule is CC(C)(C)OC(=O)N[C@@H](Cc1ccncc1)C(=O)NCC(=O)c1ccc(-n2ccnc2)cc1. The fourth-order valence-electron chi connectivity index (χ4n) is 3.04. The predicted octanol–water partition coefficient (Wildman–Crippen LogP) is 2.70. The number of pyridine rings is 1. The summed E-state index contributed by atoms with van der Waals surface area (Å²) in [7, 11) is 0. The number of ketones is 1. The molecule has 9 heteroatoms. The molecular weight excluding hydrogens is 422 g/mol. The van der Waals surface area contributed by atoms with E-state index in [1.807, 2.05) is 4.57 Å². The van der Waals surface area contributed by atoms with Crippen LogP contribution in [-0.2, 0) is 16.0 Å². The summed E-state index contributed by atoms with van der Waals surface area (Å²) >= 11 is 0. The van der Waals surface area contributed by atoms with Crippen LogP contribution in [0.5, 0.6) is 0 Å². The molecule has 0 fully saturated rings. The third-order valence-corrected chi connectivity index (χ3v) is 4.61. The number of nitrogens with zero attached hydrogens (tertiary/aromatic N) is 3.